The highest BCUT2D eigenvalue weighted by molar-refractivity contribution is 6.25. The Kier molecular flexibility index (Phi) is 6.18. The third-order valence-electron chi connectivity index (χ3n) is 2.27. The van der Waals surface area contributed by atoms with E-state index < -0.39 is 0 Å². The molecule has 0 aromatic heterocycles. The van der Waals surface area contributed by atoms with Crippen molar-refractivity contribution in [1.29, 1.82) is 0 Å². The topological polar surface area (TPSA) is 0 Å². The number of unbranched alkanes of at least 4 members (excludes halogenated alkanes) is 3. The Labute approximate surface area is 91.6 Å². The molecule has 0 N–H and O–H groups in total. The second-order valence-corrected chi connectivity index (χ2v) is 3.70. The molecule has 1 heteroatoms. The summed E-state index contributed by atoms with van der Waals surface area (Å²) < 4.78 is 0. The van der Waals surface area contributed by atoms with E-state index in [1.54, 1.807) is 5.54 Å². The summed E-state index contributed by atoms with van der Waals surface area (Å²) in [4.78, 5) is 0. The fourth-order valence-electron chi connectivity index (χ4n) is 1.48. The van der Waals surface area contributed by atoms with Gasteiger partial charge in [-0.3, -0.25) is 0 Å². The molecule has 1 aromatic rings. The summed E-state index contributed by atoms with van der Waals surface area (Å²) in [6.45, 7) is 0. The lowest BCUT2D eigenvalue weighted by Gasteiger charge is -1.99. The summed E-state index contributed by atoms with van der Waals surface area (Å²) in [5.41, 5.74) is 3.05. The lowest BCUT2D eigenvalue weighted by molar-refractivity contribution is 0.687. The average Bonchev–Trinajstić information content (AvgIpc) is 2.25. The van der Waals surface area contributed by atoms with Crippen molar-refractivity contribution < 1.29 is 0 Å². The number of rotatable bonds is 6. The van der Waals surface area contributed by atoms with E-state index in [2.05, 4.69) is 30.3 Å². The minimum Gasteiger partial charge on any atom is -0.0933 e. The Morgan fingerprint density at radius 3 is 2.50 bits per heavy atom. The Morgan fingerprint density at radius 2 is 1.79 bits per heavy atom. The van der Waals surface area contributed by atoms with Crippen molar-refractivity contribution in [2.75, 3.05) is 0 Å². The highest BCUT2D eigenvalue weighted by Crippen LogP contribution is 2.07. The van der Waals surface area contributed by atoms with E-state index in [0.717, 1.165) is 6.42 Å². The van der Waals surface area contributed by atoms with Crippen LogP contribution >= 0.6 is 11.6 Å². The van der Waals surface area contributed by atoms with Crippen LogP contribution in [0.3, 0.4) is 0 Å². The molecule has 0 spiro atoms. The van der Waals surface area contributed by atoms with E-state index >= 15 is 0 Å². The van der Waals surface area contributed by atoms with Gasteiger partial charge in [-0.25, -0.2) is 0 Å². The number of benzene rings is 1. The molecular weight excluding hydrogens is 192 g/mol. The zero-order valence-corrected chi connectivity index (χ0v) is 9.21. The van der Waals surface area contributed by atoms with Gasteiger partial charge in [-0.2, -0.15) is 0 Å². The largest absolute Gasteiger partial charge is 0.0933 e. The first-order valence-corrected chi connectivity index (χ1v) is 5.66. The number of hydrogen-bond donors (Lipinski definition) is 0. The molecule has 0 bridgehead atoms. The fraction of sp³-hybridized carbons (Fsp3) is 0.385. The molecule has 0 saturated carbocycles. The van der Waals surface area contributed by atoms with Crippen LogP contribution in [0.25, 0.3) is 0 Å². The van der Waals surface area contributed by atoms with E-state index in [1.807, 2.05) is 6.08 Å². The van der Waals surface area contributed by atoms with Gasteiger partial charge < -0.3 is 0 Å². The predicted molar refractivity (Wildman–Crippen MR) is 63.6 cm³/mol. The van der Waals surface area contributed by atoms with Gasteiger partial charge in [0.15, 0.2) is 0 Å². The maximum atomic E-state index is 5.43. The minimum atomic E-state index is 1.11. The Morgan fingerprint density at radius 1 is 1.00 bits per heavy atom. The molecule has 0 aliphatic heterocycles. The summed E-state index contributed by atoms with van der Waals surface area (Å²) >= 11 is 5.43. The van der Waals surface area contributed by atoms with Crippen molar-refractivity contribution in [3.05, 3.63) is 47.5 Å². The van der Waals surface area contributed by atoms with Gasteiger partial charge in [-0.1, -0.05) is 54.4 Å². The molecule has 1 rings (SSSR count). The molecule has 0 heterocycles. The average molecular weight is 209 g/mol. The Bertz CT molecular complexity index is 251. The van der Waals surface area contributed by atoms with Crippen molar-refractivity contribution in [1.82, 2.24) is 0 Å². The highest BCUT2D eigenvalue weighted by atomic mass is 35.5. The van der Waals surface area contributed by atoms with Gasteiger partial charge in [0.25, 0.3) is 0 Å². The van der Waals surface area contributed by atoms with E-state index in [1.165, 1.54) is 31.2 Å². The standard InChI is InChI=1S/C13H17Cl/c14-12-8-3-1-2-5-9-13-10-6-4-7-11-13/h4,6-8,10-12H,1-3,5,9H2. The van der Waals surface area contributed by atoms with Crippen molar-refractivity contribution in [2.24, 2.45) is 0 Å². The van der Waals surface area contributed by atoms with Crippen molar-refractivity contribution in [2.45, 2.75) is 32.1 Å². The summed E-state index contributed by atoms with van der Waals surface area (Å²) in [6.07, 6.45) is 8.14. The molecule has 0 aliphatic carbocycles. The summed E-state index contributed by atoms with van der Waals surface area (Å²) in [5, 5.41) is 0. The van der Waals surface area contributed by atoms with Gasteiger partial charge in [0.1, 0.15) is 0 Å². The molecule has 0 fully saturated rings. The maximum absolute atomic E-state index is 5.43. The van der Waals surface area contributed by atoms with E-state index in [0.29, 0.717) is 0 Å². The van der Waals surface area contributed by atoms with Crippen LogP contribution in [0.5, 0.6) is 0 Å². The van der Waals surface area contributed by atoms with Gasteiger partial charge in [0.05, 0.1) is 0 Å². The lowest BCUT2D eigenvalue weighted by Crippen LogP contribution is -1.84. The minimum absolute atomic E-state index is 1.11. The van der Waals surface area contributed by atoms with Gasteiger partial charge in [0, 0.05) is 5.54 Å². The van der Waals surface area contributed by atoms with Gasteiger partial charge in [-0.15, -0.1) is 0 Å². The summed E-state index contributed by atoms with van der Waals surface area (Å²) in [6, 6.07) is 10.7. The van der Waals surface area contributed by atoms with Crippen LogP contribution in [0.15, 0.2) is 41.9 Å². The van der Waals surface area contributed by atoms with Gasteiger partial charge >= 0.3 is 0 Å². The third kappa shape index (κ3) is 5.08. The summed E-state index contributed by atoms with van der Waals surface area (Å²) in [5.74, 6) is 0. The number of hydrogen-bond acceptors (Lipinski definition) is 0. The molecular formula is C13H17Cl. The lowest BCUT2D eigenvalue weighted by atomic mass is 10.1. The van der Waals surface area contributed by atoms with Crippen LogP contribution in [-0.2, 0) is 6.42 Å². The van der Waals surface area contributed by atoms with E-state index in [4.69, 9.17) is 11.6 Å². The van der Waals surface area contributed by atoms with Crippen molar-refractivity contribution >= 4 is 11.6 Å². The first-order chi connectivity index (χ1) is 6.93. The summed E-state index contributed by atoms with van der Waals surface area (Å²) in [7, 11) is 0. The Balaban J connectivity index is 2.05. The number of halogens is 1. The quantitative estimate of drug-likeness (QED) is 0.602. The molecule has 14 heavy (non-hydrogen) atoms. The molecule has 0 nitrogen and oxygen atoms in total. The fourth-order valence-corrected chi connectivity index (χ4v) is 1.60. The number of allylic oxidation sites excluding steroid dienone is 1. The van der Waals surface area contributed by atoms with Gasteiger partial charge in [-0.05, 0) is 31.2 Å². The normalized spacial score (nSPS) is 10.9. The van der Waals surface area contributed by atoms with Crippen molar-refractivity contribution in [3.8, 4) is 0 Å². The zero-order chi connectivity index (χ0) is 10.1. The Hall–Kier alpha value is -0.750. The molecule has 0 amide bonds. The van der Waals surface area contributed by atoms with Crippen LogP contribution in [0, 0.1) is 0 Å². The second-order valence-electron chi connectivity index (χ2n) is 3.45. The molecule has 0 atom stereocenters. The molecule has 76 valence electrons. The molecule has 0 radical (unpaired) electrons. The monoisotopic (exact) mass is 208 g/mol. The molecule has 0 aliphatic rings. The molecule has 1 aromatic carbocycles. The maximum Gasteiger partial charge on any atom is 0.000245 e. The first kappa shape index (κ1) is 11.3. The van der Waals surface area contributed by atoms with E-state index in [-0.39, 0.29) is 0 Å². The highest BCUT2D eigenvalue weighted by Gasteiger charge is 1.91. The molecule has 0 unspecified atom stereocenters. The van der Waals surface area contributed by atoms with Crippen LogP contribution in [0.4, 0.5) is 0 Å². The number of aryl methyl sites for hydroxylation is 1. The van der Waals surface area contributed by atoms with Crippen LogP contribution in [0.1, 0.15) is 31.2 Å². The third-order valence-corrected chi connectivity index (χ3v) is 2.45. The predicted octanol–water partition coefficient (Wildman–Crippen LogP) is 4.54. The van der Waals surface area contributed by atoms with Crippen LogP contribution < -0.4 is 0 Å². The smallest absolute Gasteiger partial charge is 0.000245 e. The molecule has 0 saturated heterocycles. The van der Waals surface area contributed by atoms with Crippen molar-refractivity contribution in [3.63, 3.8) is 0 Å². The van der Waals surface area contributed by atoms with E-state index in [9.17, 15) is 0 Å². The van der Waals surface area contributed by atoms with Gasteiger partial charge in [0.2, 0.25) is 0 Å². The van der Waals surface area contributed by atoms with Crippen LogP contribution in [0.2, 0.25) is 0 Å². The zero-order valence-electron chi connectivity index (χ0n) is 8.45. The second kappa shape index (κ2) is 7.64. The first-order valence-electron chi connectivity index (χ1n) is 5.22. The SMILES string of the molecule is ClC=CCCCCCc1ccccc1. The van der Waals surface area contributed by atoms with Crippen LogP contribution in [-0.4, -0.2) is 0 Å².